The lowest BCUT2D eigenvalue weighted by Gasteiger charge is -2.20. The van der Waals surface area contributed by atoms with Gasteiger partial charge in [-0.3, -0.25) is 9.59 Å². The van der Waals surface area contributed by atoms with Crippen LogP contribution in [0.15, 0.2) is 0 Å². The summed E-state index contributed by atoms with van der Waals surface area (Å²) in [7, 11) is 0. The summed E-state index contributed by atoms with van der Waals surface area (Å²) in [5.74, 6) is 0.0933. The minimum absolute atomic E-state index is 0.0563. The standard InChI is InChI=1S/C13H25N3O2/c1-13(2,3)15-10-11(17)14-7-6-12(18)16-8-4-5-9-16/h15H,4-10H2,1-3H3,(H,14,17). The molecule has 0 radical (unpaired) electrons. The second kappa shape index (κ2) is 6.73. The highest BCUT2D eigenvalue weighted by molar-refractivity contribution is 5.80. The largest absolute Gasteiger partial charge is 0.354 e. The molecule has 2 N–H and O–H groups in total. The van der Waals surface area contributed by atoms with Crippen LogP contribution in [0.2, 0.25) is 0 Å². The van der Waals surface area contributed by atoms with Crippen LogP contribution >= 0.6 is 0 Å². The first-order valence-electron chi connectivity index (χ1n) is 6.68. The zero-order chi connectivity index (χ0) is 13.6. The Morgan fingerprint density at radius 2 is 1.78 bits per heavy atom. The Kier molecular flexibility index (Phi) is 5.59. The van der Waals surface area contributed by atoms with Crippen molar-refractivity contribution >= 4 is 11.8 Å². The zero-order valence-electron chi connectivity index (χ0n) is 11.7. The van der Waals surface area contributed by atoms with Crippen molar-refractivity contribution in [3.8, 4) is 0 Å². The molecule has 0 unspecified atom stereocenters. The second-order valence-corrected chi connectivity index (χ2v) is 5.79. The Morgan fingerprint density at radius 1 is 1.17 bits per heavy atom. The molecule has 0 spiro atoms. The fourth-order valence-corrected chi connectivity index (χ4v) is 1.84. The summed E-state index contributed by atoms with van der Waals surface area (Å²) in [6, 6.07) is 0. The van der Waals surface area contributed by atoms with Crippen molar-refractivity contribution in [3.05, 3.63) is 0 Å². The van der Waals surface area contributed by atoms with Crippen molar-refractivity contribution < 1.29 is 9.59 Å². The van der Waals surface area contributed by atoms with Gasteiger partial charge in [0.25, 0.3) is 0 Å². The van der Waals surface area contributed by atoms with E-state index in [0.717, 1.165) is 25.9 Å². The third-order valence-electron chi connectivity index (χ3n) is 2.90. The lowest BCUT2D eigenvalue weighted by Crippen LogP contribution is -2.43. The van der Waals surface area contributed by atoms with Gasteiger partial charge in [0.2, 0.25) is 11.8 Å². The molecule has 0 aromatic heterocycles. The van der Waals surface area contributed by atoms with Crippen LogP contribution in [-0.2, 0) is 9.59 Å². The number of carbonyl (C=O) groups excluding carboxylic acids is 2. The van der Waals surface area contributed by atoms with Gasteiger partial charge in [0, 0.05) is 31.6 Å². The summed E-state index contributed by atoms with van der Waals surface area (Å²) in [6.45, 7) is 8.50. The fourth-order valence-electron chi connectivity index (χ4n) is 1.84. The minimum atomic E-state index is -0.0668. The Hall–Kier alpha value is -1.10. The number of carbonyl (C=O) groups is 2. The van der Waals surface area contributed by atoms with Crippen molar-refractivity contribution in [2.24, 2.45) is 0 Å². The van der Waals surface area contributed by atoms with Gasteiger partial charge in [-0.25, -0.2) is 0 Å². The molecule has 1 aliphatic heterocycles. The summed E-state index contributed by atoms with van der Waals surface area (Å²) in [6.07, 6.45) is 2.61. The van der Waals surface area contributed by atoms with Crippen molar-refractivity contribution in [2.75, 3.05) is 26.2 Å². The molecule has 0 saturated carbocycles. The van der Waals surface area contributed by atoms with E-state index in [1.54, 1.807) is 0 Å². The van der Waals surface area contributed by atoms with E-state index in [-0.39, 0.29) is 17.4 Å². The predicted molar refractivity (Wildman–Crippen MR) is 71.2 cm³/mol. The highest BCUT2D eigenvalue weighted by Crippen LogP contribution is 2.08. The van der Waals surface area contributed by atoms with E-state index in [0.29, 0.717) is 19.5 Å². The van der Waals surface area contributed by atoms with Crippen LogP contribution in [0.3, 0.4) is 0 Å². The molecule has 1 heterocycles. The van der Waals surface area contributed by atoms with Crippen LogP contribution in [0.1, 0.15) is 40.0 Å². The van der Waals surface area contributed by atoms with Crippen LogP contribution < -0.4 is 10.6 Å². The van der Waals surface area contributed by atoms with Gasteiger partial charge < -0.3 is 15.5 Å². The molecular formula is C13H25N3O2. The minimum Gasteiger partial charge on any atom is -0.354 e. The van der Waals surface area contributed by atoms with Crippen LogP contribution in [0, 0.1) is 0 Å². The second-order valence-electron chi connectivity index (χ2n) is 5.79. The molecule has 0 aliphatic carbocycles. The summed E-state index contributed by atoms with van der Waals surface area (Å²) in [5.41, 5.74) is -0.0668. The monoisotopic (exact) mass is 255 g/mol. The average molecular weight is 255 g/mol. The number of nitrogens with one attached hydrogen (secondary N) is 2. The number of hydrogen-bond donors (Lipinski definition) is 2. The van der Waals surface area contributed by atoms with E-state index in [1.807, 2.05) is 25.7 Å². The van der Waals surface area contributed by atoms with E-state index in [2.05, 4.69) is 10.6 Å². The lowest BCUT2D eigenvalue weighted by atomic mass is 10.1. The van der Waals surface area contributed by atoms with Crippen molar-refractivity contribution in [1.29, 1.82) is 0 Å². The van der Waals surface area contributed by atoms with Crippen LogP contribution in [0.5, 0.6) is 0 Å². The zero-order valence-corrected chi connectivity index (χ0v) is 11.7. The molecular weight excluding hydrogens is 230 g/mol. The molecule has 1 saturated heterocycles. The smallest absolute Gasteiger partial charge is 0.233 e. The van der Waals surface area contributed by atoms with Gasteiger partial charge in [-0.05, 0) is 33.6 Å². The Balaban J connectivity index is 2.09. The van der Waals surface area contributed by atoms with E-state index in [1.165, 1.54) is 0 Å². The van der Waals surface area contributed by atoms with E-state index < -0.39 is 0 Å². The van der Waals surface area contributed by atoms with Gasteiger partial charge in [0.15, 0.2) is 0 Å². The SMILES string of the molecule is CC(C)(C)NCC(=O)NCCC(=O)N1CCCC1. The molecule has 5 heteroatoms. The Morgan fingerprint density at radius 3 is 2.33 bits per heavy atom. The third-order valence-corrected chi connectivity index (χ3v) is 2.90. The number of nitrogens with zero attached hydrogens (tertiary/aromatic N) is 1. The molecule has 0 aromatic carbocycles. The summed E-state index contributed by atoms with van der Waals surface area (Å²) in [5, 5.41) is 5.87. The third kappa shape index (κ3) is 6.00. The van der Waals surface area contributed by atoms with Crippen molar-refractivity contribution in [2.45, 2.75) is 45.6 Å². The maximum atomic E-state index is 11.7. The van der Waals surface area contributed by atoms with Gasteiger partial charge >= 0.3 is 0 Å². The molecule has 2 amide bonds. The topological polar surface area (TPSA) is 61.4 Å². The van der Waals surface area contributed by atoms with Gasteiger partial charge in [-0.1, -0.05) is 0 Å². The Labute approximate surface area is 109 Å². The molecule has 1 fully saturated rings. The maximum absolute atomic E-state index is 11.7. The molecule has 1 rings (SSSR count). The first-order valence-corrected chi connectivity index (χ1v) is 6.68. The summed E-state index contributed by atoms with van der Waals surface area (Å²) >= 11 is 0. The van der Waals surface area contributed by atoms with E-state index in [9.17, 15) is 9.59 Å². The number of rotatable bonds is 5. The quantitative estimate of drug-likeness (QED) is 0.752. The van der Waals surface area contributed by atoms with Crippen LogP contribution in [0.25, 0.3) is 0 Å². The molecule has 0 aromatic rings. The highest BCUT2D eigenvalue weighted by atomic mass is 16.2. The van der Waals surface area contributed by atoms with Gasteiger partial charge in [0.1, 0.15) is 0 Å². The molecule has 18 heavy (non-hydrogen) atoms. The van der Waals surface area contributed by atoms with Gasteiger partial charge in [-0.2, -0.15) is 0 Å². The highest BCUT2D eigenvalue weighted by Gasteiger charge is 2.17. The first-order chi connectivity index (χ1) is 8.38. The van der Waals surface area contributed by atoms with Gasteiger partial charge in [0.05, 0.1) is 6.54 Å². The van der Waals surface area contributed by atoms with Crippen molar-refractivity contribution in [1.82, 2.24) is 15.5 Å². The molecule has 104 valence electrons. The number of amides is 2. The summed E-state index contributed by atoms with van der Waals surface area (Å²) in [4.78, 5) is 25.1. The lowest BCUT2D eigenvalue weighted by molar-refractivity contribution is -0.130. The first kappa shape index (κ1) is 15.0. The van der Waals surface area contributed by atoms with Crippen molar-refractivity contribution in [3.63, 3.8) is 0 Å². The van der Waals surface area contributed by atoms with Gasteiger partial charge in [-0.15, -0.1) is 0 Å². The molecule has 0 bridgehead atoms. The predicted octanol–water partition coefficient (Wildman–Crippen LogP) is 0.503. The average Bonchev–Trinajstić information content (AvgIpc) is 2.78. The van der Waals surface area contributed by atoms with E-state index in [4.69, 9.17) is 0 Å². The Bertz CT molecular complexity index is 291. The normalized spacial score (nSPS) is 15.8. The molecule has 1 aliphatic rings. The fraction of sp³-hybridized carbons (Fsp3) is 0.846. The molecule has 0 atom stereocenters. The van der Waals surface area contributed by atoms with E-state index >= 15 is 0 Å². The number of likely N-dealkylation sites (tertiary alicyclic amines) is 1. The van der Waals surface area contributed by atoms with Crippen LogP contribution in [-0.4, -0.2) is 48.4 Å². The summed E-state index contributed by atoms with van der Waals surface area (Å²) < 4.78 is 0. The number of hydrogen-bond acceptors (Lipinski definition) is 3. The maximum Gasteiger partial charge on any atom is 0.233 e. The molecule has 5 nitrogen and oxygen atoms in total. The van der Waals surface area contributed by atoms with Crippen LogP contribution in [0.4, 0.5) is 0 Å².